The summed E-state index contributed by atoms with van der Waals surface area (Å²) in [5.41, 5.74) is 10.2. The number of carbonyl (C=O) groups excluding carboxylic acids is 2. The van der Waals surface area contributed by atoms with E-state index in [4.69, 9.17) is 0 Å². The smallest absolute Gasteiger partial charge is 0.159 e. The highest BCUT2D eigenvalue weighted by atomic mass is 16.1. The van der Waals surface area contributed by atoms with Gasteiger partial charge >= 0.3 is 0 Å². The third-order valence-corrected chi connectivity index (χ3v) is 6.90. The van der Waals surface area contributed by atoms with Crippen LogP contribution >= 0.6 is 0 Å². The number of hydrogen-bond acceptors (Lipinski definition) is 2. The van der Waals surface area contributed by atoms with Gasteiger partial charge in [-0.2, -0.15) is 0 Å². The Morgan fingerprint density at radius 3 is 1.32 bits per heavy atom. The van der Waals surface area contributed by atoms with Gasteiger partial charge in [0.15, 0.2) is 11.6 Å². The van der Waals surface area contributed by atoms with Crippen LogP contribution in [-0.4, -0.2) is 11.6 Å². The first kappa shape index (κ1) is 18.0. The minimum atomic E-state index is -0.533. The molecule has 0 radical (unpaired) electrons. The van der Waals surface area contributed by atoms with Gasteiger partial charge in [0.25, 0.3) is 0 Å². The Bertz CT molecular complexity index is 1330. The van der Waals surface area contributed by atoms with Gasteiger partial charge in [-0.25, -0.2) is 0 Å². The normalized spacial score (nSPS) is 14.0. The molecule has 6 rings (SSSR count). The molecule has 2 heteroatoms. The number of ketones is 2. The van der Waals surface area contributed by atoms with E-state index in [-0.39, 0.29) is 11.6 Å². The number of carbonyl (C=O) groups is 2. The van der Waals surface area contributed by atoms with Crippen molar-refractivity contribution in [3.8, 4) is 22.3 Å². The molecule has 0 saturated heterocycles. The first-order valence-corrected chi connectivity index (χ1v) is 10.5. The van der Waals surface area contributed by atoms with Gasteiger partial charge in [-0.05, 0) is 70.5 Å². The summed E-state index contributed by atoms with van der Waals surface area (Å²) in [4.78, 5) is 24.6. The van der Waals surface area contributed by atoms with Crippen molar-refractivity contribution < 1.29 is 9.59 Å². The van der Waals surface area contributed by atoms with E-state index in [0.29, 0.717) is 11.1 Å². The van der Waals surface area contributed by atoms with Crippen LogP contribution in [0.5, 0.6) is 0 Å². The van der Waals surface area contributed by atoms with E-state index in [2.05, 4.69) is 72.8 Å². The predicted molar refractivity (Wildman–Crippen MR) is 123 cm³/mol. The van der Waals surface area contributed by atoms with E-state index in [1.54, 1.807) is 13.8 Å². The maximum atomic E-state index is 12.3. The Hall–Kier alpha value is -3.78. The Kier molecular flexibility index (Phi) is 3.56. The minimum absolute atomic E-state index is 0.0536. The summed E-state index contributed by atoms with van der Waals surface area (Å²) in [7, 11) is 0. The molecule has 0 amide bonds. The Morgan fingerprint density at radius 1 is 0.516 bits per heavy atom. The molecule has 0 atom stereocenters. The van der Waals surface area contributed by atoms with Gasteiger partial charge in [0.2, 0.25) is 0 Å². The molecule has 0 unspecified atom stereocenters. The van der Waals surface area contributed by atoms with E-state index in [0.717, 1.165) is 22.3 Å². The van der Waals surface area contributed by atoms with Crippen molar-refractivity contribution in [3.05, 3.63) is 118 Å². The van der Waals surface area contributed by atoms with Gasteiger partial charge in [0, 0.05) is 11.1 Å². The highest BCUT2D eigenvalue weighted by Crippen LogP contribution is 2.62. The number of benzene rings is 4. The van der Waals surface area contributed by atoms with E-state index < -0.39 is 5.41 Å². The fraction of sp³-hybridized carbons (Fsp3) is 0.103. The quantitative estimate of drug-likeness (QED) is 0.314. The lowest BCUT2D eigenvalue weighted by Crippen LogP contribution is -2.26. The zero-order valence-corrected chi connectivity index (χ0v) is 17.4. The summed E-state index contributed by atoms with van der Waals surface area (Å²) >= 11 is 0. The fourth-order valence-corrected chi connectivity index (χ4v) is 5.58. The number of hydrogen-bond donors (Lipinski definition) is 0. The van der Waals surface area contributed by atoms with E-state index in [1.165, 1.54) is 22.3 Å². The van der Waals surface area contributed by atoms with Crippen molar-refractivity contribution in [2.24, 2.45) is 0 Å². The highest BCUT2D eigenvalue weighted by molar-refractivity contribution is 6.01. The summed E-state index contributed by atoms with van der Waals surface area (Å²) in [6, 6.07) is 29.1. The maximum Gasteiger partial charge on any atom is 0.159 e. The number of fused-ring (bicyclic) bond motifs is 10. The third-order valence-electron chi connectivity index (χ3n) is 6.90. The monoisotopic (exact) mass is 400 g/mol. The predicted octanol–water partition coefficient (Wildman–Crippen LogP) is 6.44. The molecular weight excluding hydrogens is 380 g/mol. The number of Topliss-reactive ketones (excluding diaryl/α,β-unsaturated/α-hetero) is 2. The summed E-state index contributed by atoms with van der Waals surface area (Å²) in [5.74, 6) is 0.107. The van der Waals surface area contributed by atoms with Crippen LogP contribution < -0.4 is 0 Å². The lowest BCUT2D eigenvalue weighted by Gasteiger charge is -2.30. The molecule has 2 nitrogen and oxygen atoms in total. The van der Waals surface area contributed by atoms with E-state index in [1.807, 2.05) is 12.1 Å². The van der Waals surface area contributed by atoms with Crippen LogP contribution in [-0.2, 0) is 5.41 Å². The molecule has 0 N–H and O–H groups in total. The molecule has 1 spiro atoms. The number of rotatable bonds is 2. The lowest BCUT2D eigenvalue weighted by molar-refractivity contribution is 0.100. The van der Waals surface area contributed by atoms with Crippen LogP contribution in [0.15, 0.2) is 84.9 Å². The zero-order valence-electron chi connectivity index (χ0n) is 17.4. The van der Waals surface area contributed by atoms with E-state index >= 15 is 0 Å². The molecule has 0 aromatic heterocycles. The molecule has 0 heterocycles. The van der Waals surface area contributed by atoms with Crippen molar-refractivity contribution in [2.45, 2.75) is 19.3 Å². The van der Waals surface area contributed by atoms with Gasteiger partial charge in [-0.1, -0.05) is 72.8 Å². The Balaban J connectivity index is 1.83. The first-order chi connectivity index (χ1) is 15.0. The molecule has 2 aliphatic rings. The van der Waals surface area contributed by atoms with Gasteiger partial charge in [-0.3, -0.25) is 9.59 Å². The Morgan fingerprint density at radius 2 is 0.903 bits per heavy atom. The van der Waals surface area contributed by atoms with Crippen molar-refractivity contribution >= 4 is 11.6 Å². The lowest BCUT2D eigenvalue weighted by atomic mass is 9.70. The standard InChI is InChI=1S/C29H20O2/c1-17(30)19-11-13-23-21-7-3-5-9-25(21)29(27(23)15-19)26-10-6-4-8-22(26)24-14-12-20(18(2)31)16-28(24)29/h3-16H,1-2H3. The molecule has 0 aliphatic heterocycles. The first-order valence-electron chi connectivity index (χ1n) is 10.5. The second kappa shape index (κ2) is 6.12. The van der Waals surface area contributed by atoms with Crippen LogP contribution in [0, 0.1) is 0 Å². The van der Waals surface area contributed by atoms with Gasteiger partial charge < -0.3 is 0 Å². The highest BCUT2D eigenvalue weighted by Gasteiger charge is 2.51. The summed E-state index contributed by atoms with van der Waals surface area (Å²) < 4.78 is 0. The molecule has 4 aromatic rings. The van der Waals surface area contributed by atoms with Crippen molar-refractivity contribution in [3.63, 3.8) is 0 Å². The maximum absolute atomic E-state index is 12.3. The van der Waals surface area contributed by atoms with Crippen LogP contribution in [0.2, 0.25) is 0 Å². The fourth-order valence-electron chi connectivity index (χ4n) is 5.58. The molecule has 31 heavy (non-hydrogen) atoms. The van der Waals surface area contributed by atoms with Crippen molar-refractivity contribution in [2.75, 3.05) is 0 Å². The van der Waals surface area contributed by atoms with Crippen LogP contribution in [0.1, 0.15) is 56.8 Å². The van der Waals surface area contributed by atoms with Crippen molar-refractivity contribution in [1.82, 2.24) is 0 Å². The molecule has 148 valence electrons. The van der Waals surface area contributed by atoms with Crippen LogP contribution in [0.3, 0.4) is 0 Å². The van der Waals surface area contributed by atoms with E-state index in [9.17, 15) is 9.59 Å². The van der Waals surface area contributed by atoms with Gasteiger partial charge in [0.1, 0.15) is 0 Å². The van der Waals surface area contributed by atoms with Gasteiger partial charge in [-0.15, -0.1) is 0 Å². The van der Waals surface area contributed by atoms with Crippen LogP contribution in [0.4, 0.5) is 0 Å². The summed E-state index contributed by atoms with van der Waals surface area (Å²) in [6.07, 6.45) is 0. The van der Waals surface area contributed by atoms with Gasteiger partial charge in [0.05, 0.1) is 5.41 Å². The minimum Gasteiger partial charge on any atom is -0.295 e. The topological polar surface area (TPSA) is 34.1 Å². The van der Waals surface area contributed by atoms with Crippen molar-refractivity contribution in [1.29, 1.82) is 0 Å². The average molecular weight is 400 g/mol. The SMILES string of the molecule is CC(=O)c1ccc2c(c1)C1(c3ccccc3-2)c2ccccc2-c2ccc(C(C)=O)cc21. The molecular formula is C29H20O2. The molecule has 2 aliphatic carbocycles. The summed E-state index contributed by atoms with van der Waals surface area (Å²) in [5, 5.41) is 0. The summed E-state index contributed by atoms with van der Waals surface area (Å²) in [6.45, 7) is 3.22. The zero-order chi connectivity index (χ0) is 21.3. The second-order valence-corrected chi connectivity index (χ2v) is 8.47. The molecule has 4 aromatic carbocycles. The molecule has 0 fully saturated rings. The molecule has 0 bridgehead atoms. The molecule has 0 saturated carbocycles. The average Bonchev–Trinajstić information content (AvgIpc) is 3.25. The third kappa shape index (κ3) is 2.17. The van der Waals surface area contributed by atoms with Crippen LogP contribution in [0.25, 0.3) is 22.3 Å². The second-order valence-electron chi connectivity index (χ2n) is 8.47. The Labute approximate surface area is 181 Å². The largest absolute Gasteiger partial charge is 0.295 e.